The predicted octanol–water partition coefficient (Wildman–Crippen LogP) is 5.64. The predicted molar refractivity (Wildman–Crippen MR) is 189 cm³/mol. The fourth-order valence-corrected chi connectivity index (χ4v) is 7.66. The molecule has 260 valence electrons. The lowest BCUT2D eigenvalue weighted by Crippen LogP contribution is -2.41. The van der Waals surface area contributed by atoms with Crippen LogP contribution in [0.4, 0.5) is 0 Å². The van der Waals surface area contributed by atoms with Crippen LogP contribution >= 0.6 is 42.5 Å². The Hall–Kier alpha value is -1.86. The average Bonchev–Trinajstić information content (AvgIpc) is 3.18. The normalized spacial score (nSPS) is 15.4. The van der Waals surface area contributed by atoms with Gasteiger partial charge in [0.2, 0.25) is 0 Å². The van der Waals surface area contributed by atoms with Gasteiger partial charge in [-0.3, -0.25) is 0 Å². The minimum absolute atomic E-state index is 0.0361. The summed E-state index contributed by atoms with van der Waals surface area (Å²) < 4.78 is 96.4. The van der Waals surface area contributed by atoms with Crippen LogP contribution in [0.25, 0.3) is 0 Å². The Morgan fingerprint density at radius 2 is 0.957 bits per heavy atom. The Bertz CT molecular complexity index is 1820. The van der Waals surface area contributed by atoms with Crippen molar-refractivity contribution in [3.8, 4) is 17.2 Å². The standard InChI is InChI=1S/C14H21BO5S.C8H9BrO3S.C7H6BrClO3S/c1-13(2)14(3,4)20-15(19-13)10-7-8-11(18-5)12(9-10)21(6,16)17;1-12-7-4-3-6(9)5-8(7)13(2,10)11;1-12-6-3-2-5(8)4-7(6)13(9,10)11/h7-9H,1-6H3;3-5H,1-2H3;2-4H,1H3. The largest absolute Gasteiger partial charge is 0.495 e. The van der Waals surface area contributed by atoms with Gasteiger partial charge in [0.15, 0.2) is 19.7 Å². The number of methoxy groups -OCH3 is 3. The highest BCUT2D eigenvalue weighted by Crippen LogP contribution is 2.37. The third-order valence-electron chi connectivity index (χ3n) is 7.03. The van der Waals surface area contributed by atoms with Crippen molar-refractivity contribution in [1.82, 2.24) is 0 Å². The number of rotatable bonds is 7. The molecule has 0 saturated carbocycles. The Labute approximate surface area is 298 Å². The van der Waals surface area contributed by atoms with Gasteiger partial charge >= 0.3 is 7.12 Å². The molecule has 18 heteroatoms. The third-order valence-corrected chi connectivity index (χ3v) is 11.6. The fourth-order valence-electron chi connectivity index (χ4n) is 3.89. The lowest BCUT2D eigenvalue weighted by atomic mass is 9.79. The van der Waals surface area contributed by atoms with Crippen molar-refractivity contribution < 1.29 is 48.8 Å². The van der Waals surface area contributed by atoms with Gasteiger partial charge < -0.3 is 23.5 Å². The first kappa shape index (κ1) is 41.3. The molecule has 1 aliphatic heterocycles. The van der Waals surface area contributed by atoms with E-state index in [1.807, 2.05) is 27.7 Å². The highest BCUT2D eigenvalue weighted by Gasteiger charge is 2.51. The minimum Gasteiger partial charge on any atom is -0.495 e. The number of hydrogen-bond acceptors (Lipinski definition) is 11. The molecule has 0 radical (unpaired) electrons. The van der Waals surface area contributed by atoms with Crippen LogP contribution in [0.3, 0.4) is 0 Å². The van der Waals surface area contributed by atoms with Crippen LogP contribution in [0.2, 0.25) is 0 Å². The van der Waals surface area contributed by atoms with Crippen molar-refractivity contribution in [2.45, 2.75) is 53.6 Å². The van der Waals surface area contributed by atoms with E-state index < -0.39 is 47.0 Å². The molecule has 3 aromatic rings. The maximum absolute atomic E-state index is 11.9. The van der Waals surface area contributed by atoms with Crippen LogP contribution in [-0.4, -0.2) is 77.4 Å². The zero-order valence-electron chi connectivity index (χ0n) is 27.1. The maximum atomic E-state index is 11.9. The molecule has 3 aromatic carbocycles. The van der Waals surface area contributed by atoms with E-state index in [-0.39, 0.29) is 20.4 Å². The van der Waals surface area contributed by atoms with E-state index in [1.165, 1.54) is 39.5 Å². The zero-order chi connectivity index (χ0) is 36.2. The van der Waals surface area contributed by atoms with Gasteiger partial charge in [0.05, 0.1) is 32.5 Å². The SMILES string of the molecule is COc1ccc(B2OC(C)(C)C(C)(C)O2)cc1S(C)(=O)=O.COc1ccc(Br)cc1S(=O)(=O)Cl.COc1ccc(Br)cc1S(C)(=O)=O. The molecular weight excluding hydrogens is 827 g/mol. The molecule has 1 aliphatic rings. The minimum atomic E-state index is -3.75. The summed E-state index contributed by atoms with van der Waals surface area (Å²) in [7, 11) is -1.51. The van der Waals surface area contributed by atoms with Crippen LogP contribution in [0.5, 0.6) is 17.2 Å². The van der Waals surface area contributed by atoms with Crippen LogP contribution in [-0.2, 0) is 38.0 Å². The van der Waals surface area contributed by atoms with Gasteiger partial charge in [-0.05, 0) is 81.7 Å². The molecule has 0 unspecified atom stereocenters. The summed E-state index contributed by atoms with van der Waals surface area (Å²) in [6, 6.07) is 14.4. The third kappa shape index (κ3) is 11.1. The molecule has 0 aliphatic carbocycles. The van der Waals surface area contributed by atoms with Crippen molar-refractivity contribution in [2.24, 2.45) is 0 Å². The summed E-state index contributed by atoms with van der Waals surface area (Å²) in [6.07, 6.45) is 2.30. The highest BCUT2D eigenvalue weighted by molar-refractivity contribution is 9.10. The Kier molecular flexibility index (Phi) is 13.9. The second-order valence-corrected chi connectivity index (χ2v) is 19.4. The molecule has 0 spiro atoms. The van der Waals surface area contributed by atoms with E-state index in [4.69, 9.17) is 34.2 Å². The second-order valence-electron chi connectivity index (χ2n) is 11.1. The summed E-state index contributed by atoms with van der Waals surface area (Å²) in [6.45, 7) is 7.81. The van der Waals surface area contributed by atoms with Crippen LogP contribution in [0.15, 0.2) is 78.2 Å². The molecule has 0 bridgehead atoms. The van der Waals surface area contributed by atoms with Gasteiger partial charge in [-0.15, -0.1) is 0 Å². The summed E-state index contributed by atoms with van der Waals surface area (Å²) in [5, 5.41) is 0. The van der Waals surface area contributed by atoms with Crippen LogP contribution < -0.4 is 19.7 Å². The van der Waals surface area contributed by atoms with Crippen LogP contribution in [0, 0.1) is 0 Å². The van der Waals surface area contributed by atoms with Crippen molar-refractivity contribution >= 4 is 83.8 Å². The van der Waals surface area contributed by atoms with Gasteiger partial charge in [0.1, 0.15) is 31.9 Å². The molecular formula is C29H36BBr2ClO11S3. The Morgan fingerprint density at radius 3 is 1.32 bits per heavy atom. The lowest BCUT2D eigenvalue weighted by molar-refractivity contribution is 0.00578. The van der Waals surface area contributed by atoms with Crippen molar-refractivity contribution in [3.63, 3.8) is 0 Å². The van der Waals surface area contributed by atoms with Gasteiger partial charge in [0.25, 0.3) is 9.05 Å². The quantitative estimate of drug-likeness (QED) is 0.215. The molecule has 1 heterocycles. The highest BCUT2D eigenvalue weighted by atomic mass is 79.9. The summed E-state index contributed by atoms with van der Waals surface area (Å²) in [5.41, 5.74) is -0.277. The Balaban J connectivity index is 0.000000258. The van der Waals surface area contributed by atoms with Crippen molar-refractivity contribution in [1.29, 1.82) is 0 Å². The maximum Gasteiger partial charge on any atom is 0.494 e. The van der Waals surface area contributed by atoms with E-state index >= 15 is 0 Å². The molecule has 47 heavy (non-hydrogen) atoms. The molecule has 11 nitrogen and oxygen atoms in total. The van der Waals surface area contributed by atoms with E-state index in [0.29, 0.717) is 25.9 Å². The molecule has 0 amide bonds. The monoisotopic (exact) mass is 860 g/mol. The number of benzene rings is 3. The van der Waals surface area contributed by atoms with Crippen molar-refractivity contribution in [2.75, 3.05) is 33.8 Å². The first-order valence-electron chi connectivity index (χ1n) is 13.4. The van der Waals surface area contributed by atoms with Crippen molar-refractivity contribution in [3.05, 3.63) is 63.5 Å². The summed E-state index contributed by atoms with van der Waals surface area (Å²) in [5.74, 6) is 0.918. The van der Waals surface area contributed by atoms with Gasteiger partial charge in [-0.2, -0.15) is 0 Å². The smallest absolute Gasteiger partial charge is 0.494 e. The van der Waals surface area contributed by atoms with Crippen LogP contribution in [0.1, 0.15) is 27.7 Å². The first-order chi connectivity index (χ1) is 21.4. The Morgan fingerprint density at radius 1 is 0.617 bits per heavy atom. The number of halogens is 3. The summed E-state index contributed by atoms with van der Waals surface area (Å²) >= 11 is 6.34. The van der Waals surface area contributed by atoms with E-state index in [0.717, 1.165) is 12.5 Å². The number of hydrogen-bond donors (Lipinski definition) is 0. The fraction of sp³-hybridized carbons (Fsp3) is 0.379. The zero-order valence-corrected chi connectivity index (χ0v) is 33.5. The van der Waals surface area contributed by atoms with E-state index in [2.05, 4.69) is 31.9 Å². The van der Waals surface area contributed by atoms with Gasteiger partial charge in [-0.1, -0.05) is 37.9 Å². The molecule has 1 fully saturated rings. The number of ether oxygens (including phenoxy) is 3. The van der Waals surface area contributed by atoms with E-state index in [1.54, 1.807) is 36.4 Å². The molecule has 0 aromatic heterocycles. The first-order valence-corrected chi connectivity index (χ1v) is 21.1. The lowest BCUT2D eigenvalue weighted by Gasteiger charge is -2.32. The second kappa shape index (κ2) is 15.8. The topological polar surface area (TPSA) is 149 Å². The van der Waals surface area contributed by atoms with E-state index in [9.17, 15) is 25.3 Å². The molecule has 0 atom stereocenters. The molecule has 1 saturated heterocycles. The molecule has 4 rings (SSSR count). The average molecular weight is 863 g/mol. The summed E-state index contributed by atoms with van der Waals surface area (Å²) in [4.78, 5) is 0.299. The number of sulfone groups is 2. The van der Waals surface area contributed by atoms with Gasteiger partial charge in [0, 0.05) is 32.1 Å². The van der Waals surface area contributed by atoms with Gasteiger partial charge in [-0.25, -0.2) is 25.3 Å². The molecule has 0 N–H and O–H groups in total.